The van der Waals surface area contributed by atoms with Crippen LogP contribution in [0.5, 0.6) is 0 Å². The zero-order valence-electron chi connectivity index (χ0n) is 9.60. The Hall–Kier alpha value is -1.93. The largest absolute Gasteiger partial charge is 0.543 e. The van der Waals surface area contributed by atoms with E-state index in [1.807, 2.05) is 0 Å². The monoisotopic (exact) mass is 255 g/mol. The van der Waals surface area contributed by atoms with Gasteiger partial charge in [-0.1, -0.05) is 0 Å². The van der Waals surface area contributed by atoms with Gasteiger partial charge in [0.1, 0.15) is 13.1 Å². The van der Waals surface area contributed by atoms with E-state index in [0.29, 0.717) is 26.3 Å². The van der Waals surface area contributed by atoms with Gasteiger partial charge in [-0.05, 0) is 0 Å². The number of carbonyl (C=O) groups excluding carboxylic acids is 1. The van der Waals surface area contributed by atoms with Crippen LogP contribution in [0.15, 0.2) is 15.7 Å². The second-order valence-corrected chi connectivity index (χ2v) is 4.06. The molecule has 0 unspecified atom stereocenters. The zero-order valence-corrected chi connectivity index (χ0v) is 9.60. The molecule has 0 spiro atoms. The van der Waals surface area contributed by atoms with Crippen LogP contribution in [0.3, 0.4) is 0 Å². The van der Waals surface area contributed by atoms with Gasteiger partial charge in [-0.2, -0.15) is 0 Å². The highest BCUT2D eigenvalue weighted by atomic mass is 16.5. The van der Waals surface area contributed by atoms with Crippen LogP contribution in [0.1, 0.15) is 10.5 Å². The van der Waals surface area contributed by atoms with Gasteiger partial charge in [0, 0.05) is 6.07 Å². The van der Waals surface area contributed by atoms with Gasteiger partial charge in [-0.25, -0.2) is 9.36 Å². The molecule has 2 heterocycles. The summed E-state index contributed by atoms with van der Waals surface area (Å²) >= 11 is 0. The van der Waals surface area contributed by atoms with Crippen molar-refractivity contribution in [1.29, 1.82) is 0 Å². The maximum absolute atomic E-state index is 11.6. The van der Waals surface area contributed by atoms with Crippen molar-refractivity contribution in [1.82, 2.24) is 9.55 Å². The number of H-pyrrole nitrogens is 1. The summed E-state index contributed by atoms with van der Waals surface area (Å²) in [5.74, 6) is -1.57. The number of aromatic nitrogens is 2. The molecule has 1 fully saturated rings. The summed E-state index contributed by atoms with van der Waals surface area (Å²) in [6.07, 6.45) is 0. The lowest BCUT2D eigenvalue weighted by Gasteiger charge is -2.23. The molecule has 2 N–H and O–H groups in total. The molecule has 0 amide bonds. The maximum atomic E-state index is 11.6. The number of ether oxygens (including phenoxy) is 1. The van der Waals surface area contributed by atoms with E-state index >= 15 is 0 Å². The first-order valence-corrected chi connectivity index (χ1v) is 5.55. The van der Waals surface area contributed by atoms with E-state index in [4.69, 9.17) is 4.74 Å². The van der Waals surface area contributed by atoms with E-state index in [1.165, 1.54) is 0 Å². The van der Waals surface area contributed by atoms with Crippen LogP contribution in [0.2, 0.25) is 0 Å². The van der Waals surface area contributed by atoms with Gasteiger partial charge >= 0.3 is 5.69 Å². The van der Waals surface area contributed by atoms with Crippen molar-refractivity contribution >= 4 is 5.97 Å². The number of nitrogens with one attached hydrogen (secondary N) is 2. The second-order valence-electron chi connectivity index (χ2n) is 4.06. The van der Waals surface area contributed by atoms with Crippen molar-refractivity contribution in [3.8, 4) is 0 Å². The van der Waals surface area contributed by atoms with Crippen molar-refractivity contribution < 1.29 is 19.5 Å². The molecule has 8 heteroatoms. The number of morpholine rings is 1. The molecule has 1 aliphatic rings. The second kappa shape index (κ2) is 5.15. The lowest BCUT2D eigenvalue weighted by molar-refractivity contribution is -0.930. The van der Waals surface area contributed by atoms with Gasteiger partial charge in [0.05, 0.1) is 24.9 Å². The quantitative estimate of drug-likeness (QED) is 0.569. The molecular formula is C10H13N3O5. The lowest BCUT2D eigenvalue weighted by Crippen LogP contribution is -3.13. The fourth-order valence-electron chi connectivity index (χ4n) is 1.82. The number of aromatic amines is 1. The highest BCUT2D eigenvalue weighted by Crippen LogP contribution is 1.82. The van der Waals surface area contributed by atoms with Crippen LogP contribution in [0, 0.1) is 0 Å². The average Bonchev–Trinajstić information content (AvgIpc) is 2.34. The lowest BCUT2D eigenvalue weighted by atomic mass is 10.4. The molecule has 2 rings (SSSR count). The number of nitrogens with zero attached hydrogens (tertiary/aromatic N) is 1. The van der Waals surface area contributed by atoms with Gasteiger partial charge in [0.25, 0.3) is 5.56 Å². The normalized spacial score (nSPS) is 16.7. The summed E-state index contributed by atoms with van der Waals surface area (Å²) in [7, 11) is 0. The third-order valence-corrected chi connectivity index (χ3v) is 2.82. The Morgan fingerprint density at radius 1 is 1.44 bits per heavy atom. The van der Waals surface area contributed by atoms with Gasteiger partial charge in [-0.3, -0.25) is 4.79 Å². The highest BCUT2D eigenvalue weighted by Gasteiger charge is 2.16. The van der Waals surface area contributed by atoms with Gasteiger partial charge in [0.15, 0.2) is 6.67 Å². The number of aromatic carboxylic acids is 1. The SMILES string of the molecule is O=C([O-])c1cc(=O)n(C[NH+]2CCOCC2)c(=O)[nH]1. The number of hydrogen-bond acceptors (Lipinski definition) is 5. The number of rotatable bonds is 3. The topological polar surface area (TPSA) is 109 Å². The molecule has 1 aromatic rings. The van der Waals surface area contributed by atoms with Gasteiger partial charge in [-0.15, -0.1) is 0 Å². The Morgan fingerprint density at radius 2 is 2.11 bits per heavy atom. The molecule has 18 heavy (non-hydrogen) atoms. The molecule has 1 aromatic heterocycles. The van der Waals surface area contributed by atoms with E-state index < -0.39 is 22.9 Å². The zero-order chi connectivity index (χ0) is 13.1. The maximum Gasteiger partial charge on any atom is 0.333 e. The first-order chi connectivity index (χ1) is 8.58. The van der Waals surface area contributed by atoms with Crippen LogP contribution < -0.4 is 21.3 Å². The Kier molecular flexibility index (Phi) is 3.58. The predicted molar refractivity (Wildman–Crippen MR) is 57.2 cm³/mol. The molecule has 1 saturated heterocycles. The number of carboxylic acid groups (broad SMARTS) is 1. The molecular weight excluding hydrogens is 242 g/mol. The average molecular weight is 255 g/mol. The van der Waals surface area contributed by atoms with Crippen LogP contribution in [0.25, 0.3) is 0 Å². The molecule has 8 nitrogen and oxygen atoms in total. The minimum absolute atomic E-state index is 0.199. The van der Waals surface area contributed by atoms with Crippen LogP contribution in [-0.4, -0.2) is 41.8 Å². The van der Waals surface area contributed by atoms with Crippen molar-refractivity contribution in [3.63, 3.8) is 0 Å². The minimum Gasteiger partial charge on any atom is -0.543 e. The molecule has 0 radical (unpaired) electrons. The molecule has 0 atom stereocenters. The number of carboxylic acids is 1. The smallest absolute Gasteiger partial charge is 0.333 e. The van der Waals surface area contributed by atoms with Crippen molar-refractivity contribution in [2.24, 2.45) is 0 Å². The van der Waals surface area contributed by atoms with Crippen molar-refractivity contribution in [3.05, 3.63) is 32.6 Å². The third-order valence-electron chi connectivity index (χ3n) is 2.82. The van der Waals surface area contributed by atoms with Crippen molar-refractivity contribution in [2.75, 3.05) is 26.3 Å². The number of carbonyl (C=O) groups is 1. The molecule has 1 aliphatic heterocycles. The first-order valence-electron chi connectivity index (χ1n) is 5.55. The van der Waals surface area contributed by atoms with Crippen molar-refractivity contribution in [2.45, 2.75) is 6.67 Å². The van der Waals surface area contributed by atoms with Crippen LogP contribution >= 0.6 is 0 Å². The fraction of sp³-hybridized carbons (Fsp3) is 0.500. The Morgan fingerprint density at radius 3 is 2.67 bits per heavy atom. The molecule has 0 aromatic carbocycles. The first kappa shape index (κ1) is 12.5. The summed E-state index contributed by atoms with van der Waals surface area (Å²) < 4.78 is 6.15. The minimum atomic E-state index is -1.57. The predicted octanol–water partition coefficient (Wildman–Crippen LogP) is -4.23. The van der Waals surface area contributed by atoms with Crippen LogP contribution in [-0.2, 0) is 11.4 Å². The Balaban J connectivity index is 2.25. The Labute approximate surface area is 101 Å². The molecule has 0 saturated carbocycles. The highest BCUT2D eigenvalue weighted by molar-refractivity contribution is 5.82. The molecule has 0 aliphatic carbocycles. The number of hydrogen-bond donors (Lipinski definition) is 2. The van der Waals surface area contributed by atoms with Gasteiger partial charge in [0.2, 0.25) is 0 Å². The van der Waals surface area contributed by atoms with E-state index in [9.17, 15) is 19.5 Å². The van der Waals surface area contributed by atoms with E-state index in [-0.39, 0.29) is 6.67 Å². The van der Waals surface area contributed by atoms with E-state index in [0.717, 1.165) is 15.5 Å². The summed E-state index contributed by atoms with van der Waals surface area (Å²) in [5.41, 5.74) is -1.88. The summed E-state index contributed by atoms with van der Waals surface area (Å²) in [5, 5.41) is 10.6. The Bertz CT molecular complexity index is 524. The number of quaternary nitrogens is 1. The van der Waals surface area contributed by atoms with Gasteiger partial charge < -0.3 is 24.5 Å². The molecule has 98 valence electrons. The molecule has 0 bridgehead atoms. The van der Waals surface area contributed by atoms with E-state index in [2.05, 4.69) is 4.98 Å². The summed E-state index contributed by atoms with van der Waals surface area (Å²) in [4.78, 5) is 37.0. The summed E-state index contributed by atoms with van der Waals surface area (Å²) in [6.45, 7) is 2.77. The summed E-state index contributed by atoms with van der Waals surface area (Å²) in [6, 6.07) is 0.858. The standard InChI is InChI=1S/C10H13N3O5/c14-8-5-7(9(15)16)11-10(17)13(8)6-12-1-3-18-4-2-12/h5H,1-4,6H2,(H,11,17)(H,15,16). The van der Waals surface area contributed by atoms with E-state index in [1.54, 1.807) is 0 Å². The van der Waals surface area contributed by atoms with Crippen LogP contribution in [0.4, 0.5) is 0 Å². The fourth-order valence-corrected chi connectivity index (χ4v) is 1.82. The third kappa shape index (κ3) is 2.66.